The molecule has 1 atom stereocenters. The van der Waals surface area contributed by atoms with Crippen molar-refractivity contribution in [2.45, 2.75) is 37.4 Å². The molecule has 0 aliphatic rings. The van der Waals surface area contributed by atoms with Crippen molar-refractivity contribution in [3.63, 3.8) is 0 Å². The van der Waals surface area contributed by atoms with Crippen LogP contribution in [-0.4, -0.2) is 25.9 Å². The Morgan fingerprint density at radius 1 is 1.28 bits per heavy atom. The van der Waals surface area contributed by atoms with E-state index in [1.165, 1.54) is 0 Å². The van der Waals surface area contributed by atoms with Crippen LogP contribution in [0.1, 0.15) is 36.2 Å². The molecule has 0 aliphatic carbocycles. The fourth-order valence-electron chi connectivity index (χ4n) is 2.09. The Kier molecular flexibility index (Phi) is 6.28. The zero-order chi connectivity index (χ0) is 18.6. The quantitative estimate of drug-likeness (QED) is 0.678. The monoisotopic (exact) mass is 382 g/mol. The van der Waals surface area contributed by atoms with Crippen molar-refractivity contribution in [2.75, 3.05) is 11.9 Å². The summed E-state index contributed by atoms with van der Waals surface area (Å²) < 4.78 is 27.6. The van der Waals surface area contributed by atoms with Gasteiger partial charge in [-0.2, -0.15) is 0 Å². The number of nitrogens with two attached hydrogens (primary N) is 1. The van der Waals surface area contributed by atoms with E-state index in [2.05, 4.69) is 15.0 Å². The molecule has 1 aromatic carbocycles. The average Bonchev–Trinajstić information content (AvgIpc) is 2.94. The molecule has 0 fully saturated rings. The van der Waals surface area contributed by atoms with E-state index in [0.29, 0.717) is 12.1 Å². The standard InChI is InChI=1S/C16H22N4O3S2/c1-4-14(21)20-16-19-11(3)15(24-16)25(22,23)18-9-13(17)12-7-5-10(2)6-8-12/h5-8,13,18H,4,9,17H2,1-3H3,(H,19,20,21). The fourth-order valence-corrected chi connectivity index (χ4v) is 4.62. The Morgan fingerprint density at radius 2 is 1.92 bits per heavy atom. The maximum Gasteiger partial charge on any atom is 0.252 e. The molecule has 1 heterocycles. The molecule has 4 N–H and O–H groups in total. The van der Waals surface area contributed by atoms with Gasteiger partial charge >= 0.3 is 0 Å². The number of anilines is 1. The molecule has 1 amide bonds. The summed E-state index contributed by atoms with van der Waals surface area (Å²) in [6, 6.07) is 7.16. The summed E-state index contributed by atoms with van der Waals surface area (Å²) in [6.45, 7) is 5.34. The maximum absolute atomic E-state index is 12.5. The zero-order valence-electron chi connectivity index (χ0n) is 14.4. The van der Waals surface area contributed by atoms with Crippen LogP contribution in [0.4, 0.5) is 5.13 Å². The third-order valence-electron chi connectivity index (χ3n) is 3.56. The van der Waals surface area contributed by atoms with Crippen LogP contribution in [0.3, 0.4) is 0 Å². The number of sulfonamides is 1. The van der Waals surface area contributed by atoms with Crippen molar-refractivity contribution in [3.05, 3.63) is 41.1 Å². The van der Waals surface area contributed by atoms with Gasteiger partial charge < -0.3 is 11.1 Å². The van der Waals surface area contributed by atoms with Gasteiger partial charge in [-0.1, -0.05) is 48.1 Å². The van der Waals surface area contributed by atoms with Crippen LogP contribution in [0, 0.1) is 13.8 Å². The van der Waals surface area contributed by atoms with Gasteiger partial charge in [0.15, 0.2) is 9.34 Å². The number of carbonyl (C=O) groups is 1. The second-order valence-corrected chi connectivity index (χ2v) is 8.62. The van der Waals surface area contributed by atoms with Crippen LogP contribution in [0.25, 0.3) is 0 Å². The SMILES string of the molecule is CCC(=O)Nc1nc(C)c(S(=O)(=O)NCC(N)c2ccc(C)cc2)s1. The van der Waals surface area contributed by atoms with Gasteiger partial charge in [-0.3, -0.25) is 4.79 Å². The van der Waals surface area contributed by atoms with Gasteiger partial charge in [-0.05, 0) is 19.4 Å². The zero-order valence-corrected chi connectivity index (χ0v) is 16.0. The lowest BCUT2D eigenvalue weighted by atomic mass is 10.1. The van der Waals surface area contributed by atoms with Gasteiger partial charge in [-0.15, -0.1) is 0 Å². The number of nitrogens with zero attached hydrogens (tertiary/aromatic N) is 1. The molecule has 0 bridgehead atoms. The van der Waals surface area contributed by atoms with Crippen LogP contribution in [0.15, 0.2) is 28.5 Å². The summed E-state index contributed by atoms with van der Waals surface area (Å²) in [5.74, 6) is -0.216. The molecule has 25 heavy (non-hydrogen) atoms. The van der Waals surface area contributed by atoms with Crippen LogP contribution in [0.2, 0.25) is 0 Å². The summed E-state index contributed by atoms with van der Waals surface area (Å²) in [5, 5.41) is 2.84. The van der Waals surface area contributed by atoms with Crippen molar-refractivity contribution in [2.24, 2.45) is 5.73 Å². The fraction of sp³-hybridized carbons (Fsp3) is 0.375. The van der Waals surface area contributed by atoms with E-state index in [4.69, 9.17) is 5.73 Å². The smallest absolute Gasteiger partial charge is 0.252 e. The first kappa shape index (κ1) is 19.5. The highest BCUT2D eigenvalue weighted by molar-refractivity contribution is 7.91. The Labute approximate surface area is 151 Å². The van der Waals surface area contributed by atoms with E-state index >= 15 is 0 Å². The van der Waals surface area contributed by atoms with E-state index in [-0.39, 0.29) is 21.8 Å². The summed E-state index contributed by atoms with van der Waals surface area (Å²) >= 11 is 0.925. The number of aromatic nitrogens is 1. The lowest BCUT2D eigenvalue weighted by molar-refractivity contribution is -0.115. The van der Waals surface area contributed by atoms with Gasteiger partial charge in [0.2, 0.25) is 5.91 Å². The second-order valence-electron chi connectivity index (χ2n) is 5.66. The summed E-state index contributed by atoms with van der Waals surface area (Å²) in [7, 11) is -3.75. The van der Waals surface area contributed by atoms with E-state index < -0.39 is 16.1 Å². The van der Waals surface area contributed by atoms with E-state index in [0.717, 1.165) is 22.5 Å². The highest BCUT2D eigenvalue weighted by atomic mass is 32.2. The van der Waals surface area contributed by atoms with E-state index in [1.807, 2.05) is 31.2 Å². The average molecular weight is 383 g/mol. The molecule has 0 radical (unpaired) electrons. The lowest BCUT2D eigenvalue weighted by Gasteiger charge is -2.13. The van der Waals surface area contributed by atoms with Crippen molar-refractivity contribution in [3.8, 4) is 0 Å². The van der Waals surface area contributed by atoms with Crippen LogP contribution in [0.5, 0.6) is 0 Å². The molecule has 0 saturated carbocycles. The first-order valence-electron chi connectivity index (χ1n) is 7.82. The summed E-state index contributed by atoms with van der Waals surface area (Å²) in [5.41, 5.74) is 8.36. The minimum atomic E-state index is -3.75. The highest BCUT2D eigenvalue weighted by Gasteiger charge is 2.23. The Morgan fingerprint density at radius 3 is 2.52 bits per heavy atom. The van der Waals surface area contributed by atoms with Crippen LogP contribution < -0.4 is 15.8 Å². The number of amides is 1. The topological polar surface area (TPSA) is 114 Å². The number of hydrogen-bond donors (Lipinski definition) is 3. The van der Waals surface area contributed by atoms with Gasteiger partial charge in [0.1, 0.15) is 0 Å². The molecular weight excluding hydrogens is 360 g/mol. The first-order chi connectivity index (χ1) is 11.7. The Balaban J connectivity index is 2.08. The van der Waals surface area contributed by atoms with Crippen molar-refractivity contribution >= 4 is 32.4 Å². The molecule has 136 valence electrons. The van der Waals surface area contributed by atoms with E-state index in [1.54, 1.807) is 13.8 Å². The van der Waals surface area contributed by atoms with E-state index in [9.17, 15) is 13.2 Å². The minimum absolute atomic E-state index is 0.0688. The molecule has 1 aromatic heterocycles. The molecule has 0 saturated heterocycles. The van der Waals surface area contributed by atoms with Crippen LogP contribution in [-0.2, 0) is 14.8 Å². The molecule has 2 rings (SSSR count). The molecule has 9 heteroatoms. The number of nitrogens with one attached hydrogen (secondary N) is 2. The lowest BCUT2D eigenvalue weighted by Crippen LogP contribution is -2.31. The molecule has 1 unspecified atom stereocenters. The number of rotatable bonds is 7. The number of hydrogen-bond acceptors (Lipinski definition) is 6. The van der Waals surface area contributed by atoms with Gasteiger partial charge in [0.25, 0.3) is 10.0 Å². The Bertz CT molecular complexity index is 845. The summed E-state index contributed by atoms with van der Waals surface area (Å²) in [6.07, 6.45) is 0.296. The molecule has 0 spiro atoms. The number of thiazole rings is 1. The van der Waals surface area contributed by atoms with Gasteiger partial charge in [-0.25, -0.2) is 18.1 Å². The van der Waals surface area contributed by atoms with Gasteiger partial charge in [0, 0.05) is 19.0 Å². The predicted molar refractivity (Wildman–Crippen MR) is 99.1 cm³/mol. The minimum Gasteiger partial charge on any atom is -0.323 e. The number of aryl methyl sites for hydroxylation is 2. The highest BCUT2D eigenvalue weighted by Crippen LogP contribution is 2.27. The van der Waals surface area contributed by atoms with Gasteiger partial charge in [0.05, 0.1) is 5.69 Å². The van der Waals surface area contributed by atoms with Crippen molar-refractivity contribution in [1.29, 1.82) is 0 Å². The van der Waals surface area contributed by atoms with Crippen molar-refractivity contribution in [1.82, 2.24) is 9.71 Å². The second kappa shape index (κ2) is 8.05. The largest absolute Gasteiger partial charge is 0.323 e. The molecule has 7 nitrogen and oxygen atoms in total. The predicted octanol–water partition coefficient (Wildman–Crippen LogP) is 2.09. The number of benzene rings is 1. The molecule has 0 aliphatic heterocycles. The third-order valence-corrected chi connectivity index (χ3v) is 6.67. The molecular formula is C16H22N4O3S2. The number of carbonyl (C=O) groups excluding carboxylic acids is 1. The first-order valence-corrected chi connectivity index (χ1v) is 10.1. The Hall–Kier alpha value is -1.81. The van der Waals surface area contributed by atoms with Crippen molar-refractivity contribution < 1.29 is 13.2 Å². The maximum atomic E-state index is 12.5. The molecule has 2 aromatic rings. The summed E-state index contributed by atoms with van der Waals surface area (Å²) in [4.78, 5) is 15.5. The van der Waals surface area contributed by atoms with Crippen LogP contribution >= 0.6 is 11.3 Å². The normalized spacial score (nSPS) is 12.8. The third kappa shape index (κ3) is 5.08.